The van der Waals surface area contributed by atoms with E-state index in [-0.39, 0.29) is 48.6 Å². The molecule has 1 fully saturated rings. The Morgan fingerprint density at radius 3 is 2.70 bits per heavy atom. The minimum Gasteiger partial charge on any atom is -0.466 e. The van der Waals surface area contributed by atoms with Gasteiger partial charge in [0.1, 0.15) is 10.0 Å². The number of fused-ring (bicyclic) bond motifs is 2. The lowest BCUT2D eigenvalue weighted by Crippen LogP contribution is -2.57. The average molecular weight is 649 g/mol. The number of carbonyl (C=O) groups is 3. The van der Waals surface area contributed by atoms with E-state index in [9.17, 15) is 22.8 Å². The highest BCUT2D eigenvalue weighted by atomic mass is 32.2. The van der Waals surface area contributed by atoms with Gasteiger partial charge in [-0.15, -0.1) is 22.7 Å². The van der Waals surface area contributed by atoms with Crippen LogP contribution in [0.25, 0.3) is 10.1 Å². The van der Waals surface area contributed by atoms with Gasteiger partial charge in [-0.1, -0.05) is 0 Å². The number of amides is 2. The molecule has 2 N–H and O–H groups in total. The zero-order valence-corrected chi connectivity index (χ0v) is 26.4. The van der Waals surface area contributed by atoms with E-state index in [1.54, 1.807) is 30.0 Å². The lowest BCUT2D eigenvalue weighted by Gasteiger charge is -2.39. The number of sulfonamides is 1. The van der Waals surface area contributed by atoms with Crippen molar-refractivity contribution in [2.75, 3.05) is 46.9 Å². The molecule has 2 aromatic heterocycles. The Labute approximate surface area is 256 Å². The van der Waals surface area contributed by atoms with Gasteiger partial charge in [-0.3, -0.25) is 20.3 Å². The summed E-state index contributed by atoms with van der Waals surface area (Å²) in [6.45, 7) is 3.51. The number of thiophene rings is 1. The first-order chi connectivity index (χ1) is 20.5. The van der Waals surface area contributed by atoms with Crippen LogP contribution < -0.4 is 5.32 Å². The maximum atomic E-state index is 13.8. The number of likely N-dealkylation sites (N-methyl/N-ethyl adjacent to an activating group) is 1. The fourth-order valence-corrected chi connectivity index (χ4v) is 9.24. The fraction of sp³-hybridized carbons (Fsp3) is 0.444. The molecule has 0 radical (unpaired) electrons. The molecule has 1 saturated heterocycles. The van der Waals surface area contributed by atoms with Gasteiger partial charge in [-0.25, -0.2) is 18.2 Å². The van der Waals surface area contributed by atoms with Gasteiger partial charge in [0, 0.05) is 54.3 Å². The smallest absolute Gasteiger partial charge is 0.412 e. The van der Waals surface area contributed by atoms with Crippen LogP contribution in [-0.4, -0.2) is 104 Å². The van der Waals surface area contributed by atoms with E-state index in [0.717, 1.165) is 41.4 Å². The minimum absolute atomic E-state index is 0.0500. The lowest BCUT2D eigenvalue weighted by atomic mass is 10.1. The SMILES string of the molecule is CCOC(=O)CC1CN(S(=O)(=O)c2cc3cc(C(=N)NC(=O)OC)ccc3s2)CCN1C(=O)c1nc2c(s1)CN(C)CC2. The molecule has 1 unspecified atom stereocenters. The molecule has 2 aliphatic rings. The molecule has 0 bridgehead atoms. The molecule has 43 heavy (non-hydrogen) atoms. The third-order valence-electron chi connectivity index (χ3n) is 7.31. The molecule has 13 nitrogen and oxygen atoms in total. The van der Waals surface area contributed by atoms with Crippen molar-refractivity contribution < 1.29 is 32.3 Å². The van der Waals surface area contributed by atoms with Crippen LogP contribution in [-0.2, 0) is 37.3 Å². The molecule has 2 aliphatic heterocycles. The summed E-state index contributed by atoms with van der Waals surface area (Å²) in [6.07, 6.45) is -0.173. The number of alkyl carbamates (subject to hydrolysis) is 1. The molecule has 0 aliphatic carbocycles. The molecule has 2 amide bonds. The summed E-state index contributed by atoms with van der Waals surface area (Å²) in [5.41, 5.74) is 1.30. The van der Waals surface area contributed by atoms with E-state index in [4.69, 9.17) is 10.1 Å². The summed E-state index contributed by atoms with van der Waals surface area (Å²) >= 11 is 2.43. The Hall–Kier alpha value is -3.44. The van der Waals surface area contributed by atoms with E-state index in [1.165, 1.54) is 28.8 Å². The summed E-state index contributed by atoms with van der Waals surface area (Å²) in [5.74, 6) is -1.01. The zero-order valence-electron chi connectivity index (χ0n) is 23.9. The van der Waals surface area contributed by atoms with E-state index >= 15 is 0 Å². The van der Waals surface area contributed by atoms with Gasteiger partial charge >= 0.3 is 12.1 Å². The number of hydrogen-bond acceptors (Lipinski definition) is 12. The van der Waals surface area contributed by atoms with Crippen LogP contribution in [0.5, 0.6) is 0 Å². The Bertz CT molecular complexity index is 1680. The quantitative estimate of drug-likeness (QED) is 0.223. The van der Waals surface area contributed by atoms with E-state index in [1.807, 2.05) is 7.05 Å². The number of esters is 1. The molecule has 5 rings (SSSR count). The Morgan fingerprint density at radius 2 is 1.95 bits per heavy atom. The van der Waals surface area contributed by atoms with Crippen molar-refractivity contribution in [1.82, 2.24) is 24.4 Å². The van der Waals surface area contributed by atoms with Gasteiger partial charge in [0.05, 0.1) is 31.9 Å². The van der Waals surface area contributed by atoms with Crippen molar-refractivity contribution in [3.8, 4) is 0 Å². The van der Waals surface area contributed by atoms with E-state index < -0.39 is 28.1 Å². The van der Waals surface area contributed by atoms with Gasteiger partial charge in [0.25, 0.3) is 15.9 Å². The van der Waals surface area contributed by atoms with E-state index in [0.29, 0.717) is 20.7 Å². The predicted octanol–water partition coefficient (Wildman–Crippen LogP) is 2.50. The van der Waals surface area contributed by atoms with Gasteiger partial charge in [-0.05, 0) is 43.6 Å². The number of nitrogens with zero attached hydrogens (tertiary/aromatic N) is 4. The van der Waals surface area contributed by atoms with Crippen LogP contribution in [0.3, 0.4) is 0 Å². The van der Waals surface area contributed by atoms with Crippen molar-refractivity contribution in [2.24, 2.45) is 0 Å². The number of nitrogens with one attached hydrogen (secondary N) is 2. The molecule has 0 spiro atoms. The predicted molar refractivity (Wildman–Crippen MR) is 161 cm³/mol. The first-order valence-corrected chi connectivity index (χ1v) is 16.7. The molecule has 230 valence electrons. The first-order valence-electron chi connectivity index (χ1n) is 13.6. The fourth-order valence-electron chi connectivity index (χ4n) is 5.09. The molecule has 3 aromatic rings. The molecule has 4 heterocycles. The summed E-state index contributed by atoms with van der Waals surface area (Å²) in [6, 6.07) is 5.72. The maximum absolute atomic E-state index is 13.8. The number of methoxy groups -OCH3 is 1. The van der Waals surface area contributed by atoms with Crippen LogP contribution >= 0.6 is 22.7 Å². The second kappa shape index (κ2) is 12.7. The van der Waals surface area contributed by atoms with Gasteiger partial charge < -0.3 is 19.3 Å². The van der Waals surface area contributed by atoms with Crippen LogP contribution in [0.15, 0.2) is 28.5 Å². The number of benzene rings is 1. The van der Waals surface area contributed by atoms with Crippen molar-refractivity contribution >= 4 is 66.6 Å². The van der Waals surface area contributed by atoms with Crippen molar-refractivity contribution in [1.29, 1.82) is 5.41 Å². The lowest BCUT2D eigenvalue weighted by molar-refractivity contribution is -0.144. The highest BCUT2D eigenvalue weighted by molar-refractivity contribution is 7.91. The molecule has 1 aromatic carbocycles. The largest absolute Gasteiger partial charge is 0.466 e. The Morgan fingerprint density at radius 1 is 1.16 bits per heavy atom. The summed E-state index contributed by atoms with van der Waals surface area (Å²) in [7, 11) is -0.773. The molecular formula is C27H32N6O7S3. The van der Waals surface area contributed by atoms with Crippen molar-refractivity contribution in [2.45, 2.75) is 36.6 Å². The van der Waals surface area contributed by atoms with Gasteiger partial charge in [0.15, 0.2) is 5.01 Å². The van der Waals surface area contributed by atoms with Crippen molar-refractivity contribution in [3.05, 3.63) is 45.4 Å². The monoisotopic (exact) mass is 648 g/mol. The number of thiazole rings is 1. The van der Waals surface area contributed by atoms with Gasteiger partial charge in [-0.2, -0.15) is 4.31 Å². The number of piperazine rings is 1. The standard InChI is InChI=1S/C27H32N6O7S3/c1-4-40-22(34)13-18-14-32(9-10-33(18)26(35)25-29-19-7-8-31(2)15-21(19)42-25)43(37,38)23-12-17-11-16(5-6-20(17)41-23)24(28)30-27(36)39-3/h5-6,11-12,18H,4,7-10,13-15H2,1-3H3,(H2,28,30,36). The number of amidine groups is 1. The summed E-state index contributed by atoms with van der Waals surface area (Å²) in [4.78, 5) is 47.0. The maximum Gasteiger partial charge on any atom is 0.412 e. The number of rotatable bonds is 7. The topological polar surface area (TPSA) is 162 Å². The van der Waals surface area contributed by atoms with Crippen LogP contribution in [0.2, 0.25) is 0 Å². The number of carbonyl (C=O) groups excluding carboxylic acids is 3. The van der Waals surface area contributed by atoms with Crippen LogP contribution in [0, 0.1) is 5.41 Å². The highest BCUT2D eigenvalue weighted by Crippen LogP contribution is 2.33. The second-order valence-electron chi connectivity index (χ2n) is 10.2. The van der Waals surface area contributed by atoms with Crippen LogP contribution in [0.1, 0.15) is 39.3 Å². The number of ether oxygens (including phenoxy) is 2. The molecular weight excluding hydrogens is 617 g/mol. The third kappa shape index (κ3) is 6.57. The van der Waals surface area contributed by atoms with E-state index in [2.05, 4.69) is 19.9 Å². The van der Waals surface area contributed by atoms with Crippen LogP contribution in [0.4, 0.5) is 4.79 Å². The second-order valence-corrected chi connectivity index (χ2v) is 14.5. The number of hydrogen-bond donors (Lipinski definition) is 2. The minimum atomic E-state index is -3.98. The summed E-state index contributed by atoms with van der Waals surface area (Å²) in [5, 5.41) is 11.3. The average Bonchev–Trinajstić information content (AvgIpc) is 3.61. The molecule has 1 atom stereocenters. The normalized spacial score (nSPS) is 17.8. The summed E-state index contributed by atoms with van der Waals surface area (Å²) < 4.78 is 39.4. The number of aromatic nitrogens is 1. The molecule has 0 saturated carbocycles. The third-order valence-corrected chi connectivity index (χ3v) is 11.8. The zero-order chi connectivity index (χ0) is 30.9. The Balaban J connectivity index is 1.38. The van der Waals surface area contributed by atoms with Crippen molar-refractivity contribution in [3.63, 3.8) is 0 Å². The first kappa shape index (κ1) is 31.0. The van der Waals surface area contributed by atoms with Gasteiger partial charge in [0.2, 0.25) is 0 Å². The highest BCUT2D eigenvalue weighted by Gasteiger charge is 2.39. The Kier molecular flexibility index (Phi) is 9.12. The molecule has 16 heteroatoms.